The summed E-state index contributed by atoms with van der Waals surface area (Å²) in [6.07, 6.45) is 3.50. The van der Waals surface area contributed by atoms with Gasteiger partial charge in [0.05, 0.1) is 22.2 Å². The number of nitriles is 1. The minimum Gasteiger partial charge on any atom is -0.489 e. The number of thioether (sulfide) groups is 1. The molecule has 3 rings (SSSR count). The van der Waals surface area contributed by atoms with Gasteiger partial charge >= 0.3 is 6.08 Å². The van der Waals surface area contributed by atoms with Crippen LogP contribution >= 0.6 is 35.0 Å². The highest BCUT2D eigenvalue weighted by Crippen LogP contribution is 2.34. The van der Waals surface area contributed by atoms with Gasteiger partial charge in [-0.1, -0.05) is 28.5 Å². The quantitative estimate of drug-likeness (QED) is 0.293. The predicted molar refractivity (Wildman–Crippen MR) is 104 cm³/mol. The Balaban J connectivity index is 1.76. The number of rotatable bonds is 8. The Labute approximate surface area is 174 Å². The van der Waals surface area contributed by atoms with E-state index >= 15 is 0 Å². The average molecular weight is 438 g/mol. The van der Waals surface area contributed by atoms with Crippen molar-refractivity contribution < 1.29 is 13.9 Å². The van der Waals surface area contributed by atoms with Crippen LogP contribution in [0.1, 0.15) is 11.3 Å². The zero-order valence-electron chi connectivity index (χ0n) is 14.6. The van der Waals surface area contributed by atoms with Crippen LogP contribution in [-0.4, -0.2) is 38.9 Å². The monoisotopic (exact) mass is 437 g/mol. The molecule has 0 unspecified atom stereocenters. The molecule has 0 N–H and O–H groups in total. The lowest BCUT2D eigenvalue weighted by atomic mass is 10.1. The van der Waals surface area contributed by atoms with E-state index in [-0.39, 0.29) is 47.4 Å². The van der Waals surface area contributed by atoms with Crippen LogP contribution in [0.15, 0.2) is 34.0 Å². The molecule has 0 aliphatic rings. The van der Waals surface area contributed by atoms with E-state index in [0.29, 0.717) is 16.4 Å². The number of halogens is 2. The fourth-order valence-electron chi connectivity index (χ4n) is 2.16. The van der Waals surface area contributed by atoms with Gasteiger partial charge in [-0.3, -0.25) is 0 Å². The molecule has 0 aliphatic carbocycles. The van der Waals surface area contributed by atoms with Gasteiger partial charge in [0, 0.05) is 11.8 Å². The SMILES string of the molecule is CSc1nccc(COc2nnc(-c3cc(Cl)c(OCCCl)c(C#N)c3)o2)n1. The summed E-state index contributed by atoms with van der Waals surface area (Å²) in [6.45, 7) is 0.377. The van der Waals surface area contributed by atoms with Crippen molar-refractivity contribution in [3.63, 3.8) is 0 Å². The molecule has 0 spiro atoms. The molecule has 3 aromatic rings. The minimum absolute atomic E-state index is 0.0311. The normalized spacial score (nSPS) is 10.5. The molecule has 2 aromatic heterocycles. The van der Waals surface area contributed by atoms with Gasteiger partial charge in [0.1, 0.15) is 19.3 Å². The van der Waals surface area contributed by atoms with Crippen LogP contribution in [0.25, 0.3) is 11.5 Å². The Hall–Kier alpha value is -2.54. The van der Waals surface area contributed by atoms with Gasteiger partial charge in [0.2, 0.25) is 0 Å². The van der Waals surface area contributed by atoms with Crippen molar-refractivity contribution in [3.05, 3.63) is 40.7 Å². The summed E-state index contributed by atoms with van der Waals surface area (Å²) in [5.74, 6) is 0.695. The summed E-state index contributed by atoms with van der Waals surface area (Å²) >= 11 is 13.3. The van der Waals surface area contributed by atoms with E-state index in [2.05, 4.69) is 20.2 Å². The van der Waals surface area contributed by atoms with Crippen molar-refractivity contribution >= 4 is 35.0 Å². The third-order valence-corrected chi connectivity index (χ3v) is 4.36. The van der Waals surface area contributed by atoms with E-state index in [1.807, 2.05) is 12.3 Å². The average Bonchev–Trinajstić information content (AvgIpc) is 3.20. The molecule has 11 heteroatoms. The Bertz CT molecular complexity index is 1010. The maximum Gasteiger partial charge on any atom is 0.415 e. The molecule has 8 nitrogen and oxygen atoms in total. The Kier molecular flexibility index (Phi) is 6.92. The molecule has 144 valence electrons. The summed E-state index contributed by atoms with van der Waals surface area (Å²) in [5.41, 5.74) is 1.38. The van der Waals surface area contributed by atoms with E-state index in [1.54, 1.807) is 24.4 Å². The molecule has 0 aliphatic heterocycles. The van der Waals surface area contributed by atoms with Crippen LogP contribution in [0.5, 0.6) is 11.8 Å². The molecule has 28 heavy (non-hydrogen) atoms. The number of nitrogens with zero attached hydrogens (tertiary/aromatic N) is 5. The van der Waals surface area contributed by atoms with Gasteiger partial charge in [0.25, 0.3) is 5.89 Å². The Morgan fingerprint density at radius 1 is 1.29 bits per heavy atom. The first-order chi connectivity index (χ1) is 13.6. The second-order valence-corrected chi connectivity index (χ2v) is 6.74. The molecule has 0 fully saturated rings. The van der Waals surface area contributed by atoms with Crippen molar-refractivity contribution in [2.24, 2.45) is 0 Å². The molecule has 2 heterocycles. The fourth-order valence-corrected chi connectivity index (χ4v) is 2.89. The highest BCUT2D eigenvalue weighted by Gasteiger charge is 2.16. The van der Waals surface area contributed by atoms with Gasteiger partial charge in [-0.05, 0) is 24.5 Å². The lowest BCUT2D eigenvalue weighted by molar-refractivity contribution is 0.218. The number of alkyl halides is 1. The van der Waals surface area contributed by atoms with E-state index in [4.69, 9.17) is 37.1 Å². The van der Waals surface area contributed by atoms with Gasteiger partial charge in [0.15, 0.2) is 10.9 Å². The Morgan fingerprint density at radius 3 is 2.89 bits per heavy atom. The number of aromatic nitrogens is 4. The summed E-state index contributed by atoms with van der Waals surface area (Å²) < 4.78 is 16.4. The molecule has 0 saturated carbocycles. The van der Waals surface area contributed by atoms with Gasteiger partial charge in [-0.15, -0.1) is 16.7 Å². The summed E-state index contributed by atoms with van der Waals surface area (Å²) in [7, 11) is 0. The zero-order valence-corrected chi connectivity index (χ0v) is 16.9. The molecular weight excluding hydrogens is 425 g/mol. The first-order valence-electron chi connectivity index (χ1n) is 7.89. The maximum atomic E-state index is 9.35. The van der Waals surface area contributed by atoms with E-state index in [1.165, 1.54) is 11.8 Å². The highest BCUT2D eigenvalue weighted by atomic mass is 35.5. The number of ether oxygens (including phenoxy) is 2. The summed E-state index contributed by atoms with van der Waals surface area (Å²) in [6, 6.07) is 6.87. The van der Waals surface area contributed by atoms with Crippen molar-refractivity contribution in [1.29, 1.82) is 5.26 Å². The number of hydrogen-bond donors (Lipinski definition) is 0. The first-order valence-corrected chi connectivity index (χ1v) is 10.0. The summed E-state index contributed by atoms with van der Waals surface area (Å²) in [5, 5.41) is 18.0. The van der Waals surface area contributed by atoms with Crippen LogP contribution in [0, 0.1) is 11.3 Å². The lowest BCUT2D eigenvalue weighted by Gasteiger charge is -2.09. The second kappa shape index (κ2) is 9.59. The highest BCUT2D eigenvalue weighted by molar-refractivity contribution is 7.98. The van der Waals surface area contributed by atoms with Crippen LogP contribution in [-0.2, 0) is 6.61 Å². The molecular formula is C17H13Cl2N5O3S. The third-order valence-electron chi connectivity index (χ3n) is 3.36. The molecule has 0 bridgehead atoms. The van der Waals surface area contributed by atoms with Gasteiger partial charge < -0.3 is 13.9 Å². The topological polar surface area (TPSA) is 107 Å². The van der Waals surface area contributed by atoms with E-state index in [9.17, 15) is 5.26 Å². The fraction of sp³-hybridized carbons (Fsp3) is 0.235. The molecule has 0 amide bonds. The van der Waals surface area contributed by atoms with Crippen molar-refractivity contribution in [2.45, 2.75) is 11.8 Å². The molecule has 1 aromatic carbocycles. The smallest absolute Gasteiger partial charge is 0.415 e. The van der Waals surface area contributed by atoms with Gasteiger partial charge in [-0.25, -0.2) is 9.97 Å². The van der Waals surface area contributed by atoms with Crippen LogP contribution in [0.4, 0.5) is 0 Å². The molecule has 0 atom stereocenters. The standard InChI is InChI=1S/C17H13Cl2N5O3S/c1-28-16-21-4-2-12(22-16)9-26-17-24-23-15(27-17)10-6-11(8-20)14(13(19)7-10)25-5-3-18/h2,4,6-7H,3,5,9H2,1H3. The van der Waals surface area contributed by atoms with Crippen molar-refractivity contribution in [1.82, 2.24) is 20.2 Å². The number of benzene rings is 1. The lowest BCUT2D eigenvalue weighted by Crippen LogP contribution is -2.01. The maximum absolute atomic E-state index is 9.35. The van der Waals surface area contributed by atoms with E-state index < -0.39 is 0 Å². The van der Waals surface area contributed by atoms with Crippen LogP contribution in [0.2, 0.25) is 5.02 Å². The second-order valence-electron chi connectivity index (χ2n) is 5.18. The minimum atomic E-state index is -0.0311. The third kappa shape index (κ3) is 4.84. The number of hydrogen-bond acceptors (Lipinski definition) is 9. The summed E-state index contributed by atoms with van der Waals surface area (Å²) in [4.78, 5) is 8.40. The van der Waals surface area contributed by atoms with Crippen molar-refractivity contribution in [3.8, 4) is 29.3 Å². The largest absolute Gasteiger partial charge is 0.489 e. The molecule has 0 radical (unpaired) electrons. The van der Waals surface area contributed by atoms with E-state index in [0.717, 1.165) is 0 Å². The molecule has 0 saturated heterocycles. The van der Waals surface area contributed by atoms with Crippen LogP contribution in [0.3, 0.4) is 0 Å². The first kappa shape index (κ1) is 20.2. The predicted octanol–water partition coefficient (Wildman–Crippen LogP) is 3.97. The Morgan fingerprint density at radius 2 is 2.14 bits per heavy atom. The van der Waals surface area contributed by atoms with Gasteiger partial charge in [-0.2, -0.15) is 5.26 Å². The van der Waals surface area contributed by atoms with Crippen molar-refractivity contribution in [2.75, 3.05) is 18.7 Å². The zero-order chi connectivity index (χ0) is 19.9. The van der Waals surface area contributed by atoms with Crippen LogP contribution < -0.4 is 9.47 Å².